The summed E-state index contributed by atoms with van der Waals surface area (Å²) in [4.78, 5) is 22.3. The highest BCUT2D eigenvalue weighted by Crippen LogP contribution is 2.09. The van der Waals surface area contributed by atoms with E-state index in [4.69, 9.17) is 4.74 Å². The van der Waals surface area contributed by atoms with Crippen molar-refractivity contribution < 1.29 is 14.3 Å². The molecule has 1 atom stereocenters. The van der Waals surface area contributed by atoms with E-state index in [0.717, 1.165) is 0 Å². The van der Waals surface area contributed by atoms with Crippen LogP contribution < -0.4 is 5.32 Å². The Morgan fingerprint density at radius 3 is 2.38 bits per heavy atom. The Morgan fingerprint density at radius 2 is 1.94 bits per heavy atom. The lowest BCUT2D eigenvalue weighted by molar-refractivity contribution is -0.118. The first-order valence-electron chi connectivity index (χ1n) is 5.40. The summed E-state index contributed by atoms with van der Waals surface area (Å²) >= 11 is 3.27. The van der Waals surface area contributed by atoms with Crippen molar-refractivity contribution in [1.29, 1.82) is 0 Å². The number of ether oxygens (including phenoxy) is 1. The number of hydrogen-bond acceptors (Lipinski definition) is 3. The second-order valence-electron chi connectivity index (χ2n) is 4.50. The molecule has 0 bridgehead atoms. The Morgan fingerprint density at radius 1 is 1.38 bits per heavy atom. The van der Waals surface area contributed by atoms with E-state index in [-0.39, 0.29) is 10.6 Å². The van der Waals surface area contributed by atoms with Crippen LogP contribution in [0.15, 0.2) is 0 Å². The fourth-order valence-corrected chi connectivity index (χ4v) is 1.55. The van der Waals surface area contributed by atoms with E-state index in [1.54, 1.807) is 20.8 Å². The minimum atomic E-state index is -0.489. The maximum atomic E-state index is 11.2. The molecular weight excluding hydrogens is 274 g/mol. The molecule has 0 aliphatic carbocycles. The topological polar surface area (TPSA) is 55.4 Å². The fraction of sp³-hybridized carbons (Fsp3) is 0.818. The maximum Gasteiger partial charge on any atom is 0.407 e. The number of amides is 1. The van der Waals surface area contributed by atoms with Crippen LogP contribution in [-0.4, -0.2) is 28.8 Å². The average Bonchev–Trinajstić information content (AvgIpc) is 2.13. The molecule has 0 heterocycles. The number of Topliss-reactive ketones (excluding diaryl/α,β-unsaturated/α-hetero) is 1. The van der Waals surface area contributed by atoms with Gasteiger partial charge in [0.15, 0.2) is 0 Å². The van der Waals surface area contributed by atoms with E-state index >= 15 is 0 Å². The van der Waals surface area contributed by atoms with Gasteiger partial charge < -0.3 is 10.1 Å². The molecule has 0 aromatic heterocycles. The second-order valence-corrected chi connectivity index (χ2v) is 5.61. The van der Waals surface area contributed by atoms with Gasteiger partial charge in [0.05, 0.1) is 4.83 Å². The highest BCUT2D eigenvalue weighted by atomic mass is 79.9. The molecule has 1 N–H and O–H groups in total. The van der Waals surface area contributed by atoms with Gasteiger partial charge in [-0.3, -0.25) is 4.79 Å². The summed E-state index contributed by atoms with van der Waals surface area (Å²) < 4.78 is 5.06. The van der Waals surface area contributed by atoms with Gasteiger partial charge in [0.2, 0.25) is 0 Å². The monoisotopic (exact) mass is 293 g/mol. The molecule has 0 saturated heterocycles. The van der Waals surface area contributed by atoms with Gasteiger partial charge >= 0.3 is 6.09 Å². The minimum Gasteiger partial charge on any atom is -0.444 e. The third-order valence-corrected chi connectivity index (χ3v) is 2.73. The van der Waals surface area contributed by atoms with Crippen molar-refractivity contribution in [1.82, 2.24) is 5.32 Å². The molecule has 1 unspecified atom stereocenters. The summed E-state index contributed by atoms with van der Waals surface area (Å²) in [7, 11) is 0. The van der Waals surface area contributed by atoms with Crippen molar-refractivity contribution >= 4 is 27.8 Å². The Bertz CT molecular complexity index is 248. The molecule has 0 radical (unpaired) electrons. The van der Waals surface area contributed by atoms with Gasteiger partial charge in [-0.15, -0.1) is 0 Å². The Balaban J connectivity index is 3.74. The first-order valence-corrected chi connectivity index (χ1v) is 6.31. The highest BCUT2D eigenvalue weighted by Gasteiger charge is 2.17. The average molecular weight is 294 g/mol. The van der Waals surface area contributed by atoms with E-state index in [9.17, 15) is 9.59 Å². The van der Waals surface area contributed by atoms with Crippen molar-refractivity contribution in [2.45, 2.75) is 51.0 Å². The molecule has 0 aromatic rings. The number of ketones is 1. The van der Waals surface area contributed by atoms with Crippen molar-refractivity contribution in [2.24, 2.45) is 0 Å². The zero-order valence-electron chi connectivity index (χ0n) is 10.3. The molecule has 0 fully saturated rings. The molecule has 94 valence electrons. The lowest BCUT2D eigenvalue weighted by atomic mass is 10.2. The van der Waals surface area contributed by atoms with Gasteiger partial charge in [0.25, 0.3) is 0 Å². The number of alkyl carbamates (subject to hydrolysis) is 1. The molecule has 4 nitrogen and oxygen atoms in total. The van der Waals surface area contributed by atoms with E-state index in [1.807, 2.05) is 6.92 Å². The van der Waals surface area contributed by atoms with Gasteiger partial charge in [-0.05, 0) is 27.2 Å². The predicted octanol–water partition coefficient (Wildman–Crippen LogP) is 2.64. The van der Waals surface area contributed by atoms with Gasteiger partial charge in [0.1, 0.15) is 11.4 Å². The summed E-state index contributed by atoms with van der Waals surface area (Å²) in [6.07, 6.45) is 0.630. The third-order valence-electron chi connectivity index (χ3n) is 1.76. The summed E-state index contributed by atoms with van der Waals surface area (Å²) in [5.74, 6) is 0.144. The third kappa shape index (κ3) is 7.68. The number of alkyl halides is 1. The lowest BCUT2D eigenvalue weighted by Crippen LogP contribution is -2.34. The van der Waals surface area contributed by atoms with Crippen LogP contribution in [0.5, 0.6) is 0 Å². The van der Waals surface area contributed by atoms with E-state index < -0.39 is 11.7 Å². The fourth-order valence-electron chi connectivity index (χ4n) is 0.998. The smallest absolute Gasteiger partial charge is 0.407 e. The molecule has 0 spiro atoms. The molecule has 1 amide bonds. The largest absolute Gasteiger partial charge is 0.444 e. The SMILES string of the molecule is CCC(=O)C(Br)CCNC(=O)OC(C)(C)C. The molecule has 0 aromatic carbocycles. The number of halogens is 1. The number of carbonyl (C=O) groups excluding carboxylic acids is 2. The minimum absolute atomic E-state index is 0.144. The number of hydrogen-bond donors (Lipinski definition) is 1. The van der Waals surface area contributed by atoms with Gasteiger partial charge in [-0.2, -0.15) is 0 Å². The maximum absolute atomic E-state index is 11.2. The number of nitrogens with one attached hydrogen (secondary N) is 1. The van der Waals surface area contributed by atoms with Crippen LogP contribution in [0.3, 0.4) is 0 Å². The van der Waals surface area contributed by atoms with Crippen LogP contribution >= 0.6 is 15.9 Å². The molecule has 0 aliphatic rings. The standard InChI is InChI=1S/C11H20BrNO3/c1-5-9(14)8(12)6-7-13-10(15)16-11(2,3)4/h8H,5-7H2,1-4H3,(H,13,15). The van der Waals surface area contributed by atoms with Crippen LogP contribution in [0, 0.1) is 0 Å². The van der Waals surface area contributed by atoms with Gasteiger partial charge in [-0.25, -0.2) is 4.79 Å². The Kier molecular flexibility index (Phi) is 6.64. The molecule has 0 aliphatic heterocycles. The number of rotatable bonds is 5. The quantitative estimate of drug-likeness (QED) is 0.793. The Labute approximate surface area is 105 Å². The zero-order chi connectivity index (χ0) is 12.8. The van der Waals surface area contributed by atoms with Crippen molar-refractivity contribution in [3.63, 3.8) is 0 Å². The van der Waals surface area contributed by atoms with E-state index in [2.05, 4.69) is 21.2 Å². The normalized spacial score (nSPS) is 13.1. The molecule has 0 rings (SSSR count). The van der Waals surface area contributed by atoms with Crippen molar-refractivity contribution in [3.05, 3.63) is 0 Å². The summed E-state index contributed by atoms with van der Waals surface area (Å²) in [6, 6.07) is 0. The summed E-state index contributed by atoms with van der Waals surface area (Å²) in [6.45, 7) is 7.66. The summed E-state index contributed by atoms with van der Waals surface area (Å²) in [5.41, 5.74) is -0.489. The van der Waals surface area contributed by atoms with E-state index in [1.165, 1.54) is 0 Å². The molecule has 0 saturated carbocycles. The predicted molar refractivity (Wildman–Crippen MR) is 66.9 cm³/mol. The first-order chi connectivity index (χ1) is 7.26. The van der Waals surface area contributed by atoms with Crippen LogP contribution in [0.4, 0.5) is 4.79 Å². The van der Waals surface area contributed by atoms with Crippen molar-refractivity contribution in [2.75, 3.05) is 6.54 Å². The zero-order valence-corrected chi connectivity index (χ0v) is 11.9. The number of carbonyl (C=O) groups is 2. The Hall–Kier alpha value is -0.580. The lowest BCUT2D eigenvalue weighted by Gasteiger charge is -2.19. The van der Waals surface area contributed by atoms with Crippen LogP contribution in [0.25, 0.3) is 0 Å². The summed E-state index contributed by atoms with van der Waals surface area (Å²) in [5, 5.41) is 2.61. The second kappa shape index (κ2) is 6.89. The van der Waals surface area contributed by atoms with Gasteiger partial charge in [-0.1, -0.05) is 22.9 Å². The first kappa shape index (κ1) is 15.4. The molecule has 5 heteroatoms. The van der Waals surface area contributed by atoms with E-state index in [0.29, 0.717) is 19.4 Å². The highest BCUT2D eigenvalue weighted by molar-refractivity contribution is 9.10. The van der Waals surface area contributed by atoms with Crippen LogP contribution in [0.1, 0.15) is 40.5 Å². The van der Waals surface area contributed by atoms with Crippen molar-refractivity contribution in [3.8, 4) is 0 Å². The molecule has 16 heavy (non-hydrogen) atoms. The van der Waals surface area contributed by atoms with Gasteiger partial charge in [0, 0.05) is 13.0 Å². The molecular formula is C11H20BrNO3. The van der Waals surface area contributed by atoms with Crippen LogP contribution in [0.2, 0.25) is 0 Å². The van der Waals surface area contributed by atoms with Crippen LogP contribution in [-0.2, 0) is 9.53 Å².